The molecule has 0 saturated heterocycles. The van der Waals surface area contributed by atoms with Crippen LogP contribution in [0.5, 0.6) is 0 Å². The maximum Gasteiger partial charge on any atom is 0.306 e. The van der Waals surface area contributed by atoms with Gasteiger partial charge < -0.3 is 14.4 Å². The van der Waals surface area contributed by atoms with E-state index in [0.717, 1.165) is 38.6 Å². The molecule has 0 aromatic heterocycles. The SMILES string of the molecule is CCCCCCCCC(CCCCCC)CC(=O)OCC(C)OC(=O)CCCCCN(C)C. The van der Waals surface area contributed by atoms with Crippen LogP contribution in [0.2, 0.25) is 0 Å². The second kappa shape index (κ2) is 22.7. The summed E-state index contributed by atoms with van der Waals surface area (Å²) in [6.07, 6.45) is 18.4. The van der Waals surface area contributed by atoms with Gasteiger partial charge in [-0.3, -0.25) is 9.59 Å². The number of ether oxygens (including phenoxy) is 2. The molecule has 0 radical (unpaired) electrons. The molecule has 0 heterocycles. The van der Waals surface area contributed by atoms with Gasteiger partial charge in [0.25, 0.3) is 0 Å². The van der Waals surface area contributed by atoms with Crippen LogP contribution in [0.1, 0.15) is 130 Å². The number of esters is 2. The third kappa shape index (κ3) is 22.5. The molecule has 33 heavy (non-hydrogen) atoms. The van der Waals surface area contributed by atoms with E-state index >= 15 is 0 Å². The fourth-order valence-electron chi connectivity index (χ4n) is 4.12. The summed E-state index contributed by atoms with van der Waals surface area (Å²) in [6.45, 7) is 7.47. The summed E-state index contributed by atoms with van der Waals surface area (Å²) >= 11 is 0. The van der Waals surface area contributed by atoms with Crippen molar-refractivity contribution >= 4 is 11.9 Å². The Hall–Kier alpha value is -1.10. The highest BCUT2D eigenvalue weighted by atomic mass is 16.6. The molecule has 0 aliphatic heterocycles. The molecule has 196 valence electrons. The Balaban J connectivity index is 4.14. The first-order valence-electron chi connectivity index (χ1n) is 13.9. The first kappa shape index (κ1) is 31.9. The number of carbonyl (C=O) groups excluding carboxylic acids is 2. The van der Waals surface area contributed by atoms with Crippen molar-refractivity contribution in [2.24, 2.45) is 5.92 Å². The lowest BCUT2D eigenvalue weighted by atomic mass is 9.91. The summed E-state index contributed by atoms with van der Waals surface area (Å²) in [5, 5.41) is 0. The summed E-state index contributed by atoms with van der Waals surface area (Å²) < 4.78 is 10.9. The number of rotatable bonds is 23. The van der Waals surface area contributed by atoms with E-state index in [9.17, 15) is 9.59 Å². The van der Waals surface area contributed by atoms with Gasteiger partial charge in [-0.05, 0) is 59.2 Å². The van der Waals surface area contributed by atoms with Gasteiger partial charge >= 0.3 is 11.9 Å². The quantitative estimate of drug-likeness (QED) is 0.116. The largest absolute Gasteiger partial charge is 0.462 e. The number of hydrogen-bond donors (Lipinski definition) is 0. The van der Waals surface area contributed by atoms with Crippen LogP contribution >= 0.6 is 0 Å². The number of unbranched alkanes of at least 4 members (excludes halogenated alkanes) is 10. The lowest BCUT2D eigenvalue weighted by Crippen LogP contribution is -2.23. The molecule has 0 saturated carbocycles. The van der Waals surface area contributed by atoms with Crippen LogP contribution in [0.3, 0.4) is 0 Å². The summed E-state index contributed by atoms with van der Waals surface area (Å²) in [5.74, 6) is 0.0777. The lowest BCUT2D eigenvalue weighted by Gasteiger charge is -2.18. The van der Waals surface area contributed by atoms with Crippen molar-refractivity contribution in [1.29, 1.82) is 0 Å². The van der Waals surface area contributed by atoms with Crippen LogP contribution in [0, 0.1) is 5.92 Å². The molecule has 5 nitrogen and oxygen atoms in total. The first-order valence-corrected chi connectivity index (χ1v) is 13.9. The minimum Gasteiger partial charge on any atom is -0.462 e. The van der Waals surface area contributed by atoms with Crippen molar-refractivity contribution in [3.63, 3.8) is 0 Å². The Morgan fingerprint density at radius 1 is 0.727 bits per heavy atom. The van der Waals surface area contributed by atoms with Gasteiger partial charge in [0.1, 0.15) is 12.7 Å². The zero-order valence-electron chi connectivity index (χ0n) is 22.7. The topological polar surface area (TPSA) is 55.8 Å². The van der Waals surface area contributed by atoms with Crippen LogP contribution < -0.4 is 0 Å². The van der Waals surface area contributed by atoms with E-state index in [2.05, 4.69) is 32.8 Å². The molecule has 0 spiro atoms. The van der Waals surface area contributed by atoms with E-state index in [4.69, 9.17) is 9.47 Å². The number of hydrogen-bond acceptors (Lipinski definition) is 5. The van der Waals surface area contributed by atoms with E-state index in [1.807, 2.05) is 0 Å². The van der Waals surface area contributed by atoms with E-state index in [0.29, 0.717) is 18.8 Å². The fraction of sp³-hybridized carbons (Fsp3) is 0.929. The summed E-state index contributed by atoms with van der Waals surface area (Å²) in [7, 11) is 4.11. The van der Waals surface area contributed by atoms with Gasteiger partial charge in [-0.1, -0.05) is 84.5 Å². The molecule has 0 N–H and O–H groups in total. The maximum atomic E-state index is 12.4. The molecule has 5 heteroatoms. The van der Waals surface area contributed by atoms with Crippen molar-refractivity contribution in [3.05, 3.63) is 0 Å². The minimum absolute atomic E-state index is 0.145. The van der Waals surface area contributed by atoms with E-state index in [-0.39, 0.29) is 24.6 Å². The smallest absolute Gasteiger partial charge is 0.306 e. The molecule has 2 atom stereocenters. The molecule has 0 aromatic carbocycles. The van der Waals surface area contributed by atoms with Crippen molar-refractivity contribution in [3.8, 4) is 0 Å². The van der Waals surface area contributed by atoms with E-state index in [1.54, 1.807) is 6.92 Å². The monoisotopic (exact) mass is 469 g/mol. The average Bonchev–Trinajstić information content (AvgIpc) is 2.77. The van der Waals surface area contributed by atoms with Crippen LogP contribution in [0.4, 0.5) is 0 Å². The summed E-state index contributed by atoms with van der Waals surface area (Å²) in [6, 6.07) is 0. The molecule has 0 rings (SSSR count). The van der Waals surface area contributed by atoms with Gasteiger partial charge in [0.05, 0.1) is 0 Å². The molecule has 0 aliphatic carbocycles. The Morgan fingerprint density at radius 2 is 1.27 bits per heavy atom. The highest BCUT2D eigenvalue weighted by Crippen LogP contribution is 2.22. The van der Waals surface area contributed by atoms with Gasteiger partial charge in [-0.25, -0.2) is 0 Å². The molecular formula is C28H55NO4. The predicted molar refractivity (Wildman–Crippen MR) is 138 cm³/mol. The van der Waals surface area contributed by atoms with Crippen LogP contribution in [-0.4, -0.2) is 50.2 Å². The van der Waals surface area contributed by atoms with Crippen LogP contribution in [0.15, 0.2) is 0 Å². The van der Waals surface area contributed by atoms with Gasteiger partial charge in [-0.2, -0.15) is 0 Å². The standard InChI is InChI=1S/C28H55NO4/c1-6-8-10-12-13-16-20-26(19-15-11-9-7-2)23-28(31)32-24-25(3)33-27(30)21-17-14-18-22-29(4)5/h25-26H,6-24H2,1-5H3. The molecule has 2 unspecified atom stereocenters. The molecule has 0 aromatic rings. The second-order valence-electron chi connectivity index (χ2n) is 10.1. The van der Waals surface area contributed by atoms with Crippen molar-refractivity contribution in [1.82, 2.24) is 4.90 Å². The van der Waals surface area contributed by atoms with Crippen molar-refractivity contribution < 1.29 is 19.1 Å². The van der Waals surface area contributed by atoms with E-state index in [1.165, 1.54) is 64.2 Å². The van der Waals surface area contributed by atoms with E-state index < -0.39 is 0 Å². The zero-order valence-corrected chi connectivity index (χ0v) is 22.7. The Bertz CT molecular complexity index is 467. The first-order chi connectivity index (χ1) is 15.9. The number of carbonyl (C=O) groups is 2. The Kier molecular flexibility index (Phi) is 21.9. The zero-order chi connectivity index (χ0) is 24.7. The molecular weight excluding hydrogens is 414 g/mol. The number of nitrogens with zero attached hydrogens (tertiary/aromatic N) is 1. The Labute approximate surface area is 205 Å². The molecule has 0 amide bonds. The van der Waals surface area contributed by atoms with Crippen LogP contribution in [0.25, 0.3) is 0 Å². The van der Waals surface area contributed by atoms with Crippen molar-refractivity contribution in [2.75, 3.05) is 27.2 Å². The average molecular weight is 470 g/mol. The minimum atomic E-state index is -0.384. The second-order valence-corrected chi connectivity index (χ2v) is 10.1. The summed E-state index contributed by atoms with van der Waals surface area (Å²) in [4.78, 5) is 26.6. The van der Waals surface area contributed by atoms with Gasteiger partial charge in [0, 0.05) is 12.8 Å². The maximum absolute atomic E-state index is 12.4. The molecule has 0 fully saturated rings. The molecule has 0 bridgehead atoms. The highest BCUT2D eigenvalue weighted by Gasteiger charge is 2.17. The fourth-order valence-corrected chi connectivity index (χ4v) is 4.12. The third-order valence-electron chi connectivity index (χ3n) is 6.19. The van der Waals surface area contributed by atoms with Gasteiger partial charge in [0.2, 0.25) is 0 Å². The highest BCUT2D eigenvalue weighted by molar-refractivity contribution is 5.70. The van der Waals surface area contributed by atoms with Gasteiger partial charge in [0.15, 0.2) is 0 Å². The van der Waals surface area contributed by atoms with Crippen molar-refractivity contribution in [2.45, 2.75) is 136 Å². The predicted octanol–water partition coefficient (Wildman–Crippen LogP) is 7.31. The third-order valence-corrected chi connectivity index (χ3v) is 6.19. The lowest BCUT2D eigenvalue weighted by molar-refractivity contribution is -0.158. The summed E-state index contributed by atoms with van der Waals surface area (Å²) in [5.41, 5.74) is 0. The van der Waals surface area contributed by atoms with Crippen LogP contribution in [-0.2, 0) is 19.1 Å². The molecule has 0 aliphatic rings. The van der Waals surface area contributed by atoms with Gasteiger partial charge in [-0.15, -0.1) is 0 Å². The normalized spacial score (nSPS) is 13.2. The Morgan fingerprint density at radius 3 is 1.88 bits per heavy atom.